The summed E-state index contributed by atoms with van der Waals surface area (Å²) < 4.78 is 5.12. The van der Waals surface area contributed by atoms with Crippen molar-refractivity contribution in [2.75, 3.05) is 13.7 Å². The fraction of sp³-hybridized carbons (Fsp3) is 0.923. The molecule has 0 aromatic rings. The predicted molar refractivity (Wildman–Crippen MR) is 65.5 cm³/mol. The molecule has 1 N–H and O–H groups in total. The minimum absolute atomic E-state index is 0.313. The van der Waals surface area contributed by atoms with Crippen LogP contribution in [-0.2, 0) is 9.53 Å². The van der Waals surface area contributed by atoms with E-state index < -0.39 is 11.4 Å². The van der Waals surface area contributed by atoms with E-state index in [1.165, 1.54) is 0 Å². The highest BCUT2D eigenvalue weighted by Gasteiger charge is 2.38. The van der Waals surface area contributed by atoms with Gasteiger partial charge in [0.25, 0.3) is 0 Å². The average Bonchev–Trinajstić information content (AvgIpc) is 2.13. The second kappa shape index (κ2) is 6.89. The molecule has 0 aromatic carbocycles. The molecule has 0 saturated heterocycles. The van der Waals surface area contributed by atoms with Crippen LogP contribution >= 0.6 is 0 Å². The summed E-state index contributed by atoms with van der Waals surface area (Å²) in [6, 6.07) is 0. The Hall–Kier alpha value is -0.570. The van der Waals surface area contributed by atoms with Gasteiger partial charge in [-0.3, -0.25) is 4.79 Å². The van der Waals surface area contributed by atoms with Crippen molar-refractivity contribution in [3.63, 3.8) is 0 Å². The number of hydrogen-bond acceptors (Lipinski definition) is 2. The molecule has 0 bridgehead atoms. The Bertz CT molecular complexity index is 211. The van der Waals surface area contributed by atoms with Crippen molar-refractivity contribution < 1.29 is 14.6 Å². The monoisotopic (exact) mass is 230 g/mol. The van der Waals surface area contributed by atoms with Crippen molar-refractivity contribution in [1.29, 1.82) is 0 Å². The van der Waals surface area contributed by atoms with E-state index in [1.54, 1.807) is 7.11 Å². The maximum absolute atomic E-state index is 11.5. The smallest absolute Gasteiger partial charge is 0.311 e. The van der Waals surface area contributed by atoms with Crippen molar-refractivity contribution in [1.82, 2.24) is 0 Å². The molecule has 3 heteroatoms. The van der Waals surface area contributed by atoms with Gasteiger partial charge in [0.2, 0.25) is 0 Å². The second-order valence-electron chi connectivity index (χ2n) is 5.55. The van der Waals surface area contributed by atoms with E-state index in [0.29, 0.717) is 31.3 Å². The van der Waals surface area contributed by atoms with Crippen molar-refractivity contribution in [3.8, 4) is 0 Å². The van der Waals surface area contributed by atoms with Gasteiger partial charge in [0.15, 0.2) is 0 Å². The van der Waals surface area contributed by atoms with Gasteiger partial charge in [0.05, 0.1) is 12.0 Å². The van der Waals surface area contributed by atoms with E-state index in [9.17, 15) is 9.90 Å². The van der Waals surface area contributed by atoms with E-state index in [4.69, 9.17) is 4.74 Å². The molecule has 0 spiro atoms. The number of rotatable bonds is 8. The van der Waals surface area contributed by atoms with Gasteiger partial charge in [-0.15, -0.1) is 0 Å². The number of carboxylic acids is 1. The highest BCUT2D eigenvalue weighted by atomic mass is 16.5. The van der Waals surface area contributed by atoms with Crippen LogP contribution in [0.5, 0.6) is 0 Å². The van der Waals surface area contributed by atoms with Crippen molar-refractivity contribution in [3.05, 3.63) is 0 Å². The molecule has 0 rings (SSSR count). The molecule has 96 valence electrons. The summed E-state index contributed by atoms with van der Waals surface area (Å²) in [4.78, 5) is 11.5. The first-order chi connectivity index (χ1) is 7.34. The zero-order chi connectivity index (χ0) is 12.8. The minimum Gasteiger partial charge on any atom is -0.481 e. The lowest BCUT2D eigenvalue weighted by molar-refractivity contribution is -0.154. The Kier molecular flexibility index (Phi) is 6.65. The second-order valence-corrected chi connectivity index (χ2v) is 5.55. The number of methoxy groups -OCH3 is 1. The first kappa shape index (κ1) is 15.4. The fourth-order valence-corrected chi connectivity index (χ4v) is 2.11. The van der Waals surface area contributed by atoms with Crippen molar-refractivity contribution in [2.24, 2.45) is 17.3 Å². The van der Waals surface area contributed by atoms with Crippen LogP contribution in [0, 0.1) is 17.3 Å². The van der Waals surface area contributed by atoms with Gasteiger partial charge in [-0.2, -0.15) is 0 Å². The summed E-state index contributed by atoms with van der Waals surface area (Å²) in [7, 11) is 1.58. The Labute approximate surface area is 99.2 Å². The summed E-state index contributed by atoms with van der Waals surface area (Å²) in [5.41, 5.74) is -0.701. The topological polar surface area (TPSA) is 46.5 Å². The number of hydrogen-bond donors (Lipinski definition) is 1. The van der Waals surface area contributed by atoms with Gasteiger partial charge >= 0.3 is 5.97 Å². The molecule has 0 aliphatic rings. The lowest BCUT2D eigenvalue weighted by Crippen LogP contribution is -2.37. The van der Waals surface area contributed by atoms with Crippen LogP contribution in [0.1, 0.15) is 47.0 Å². The van der Waals surface area contributed by atoms with E-state index in [2.05, 4.69) is 27.7 Å². The van der Waals surface area contributed by atoms with Gasteiger partial charge in [-0.1, -0.05) is 27.7 Å². The third-order valence-electron chi connectivity index (χ3n) is 2.87. The van der Waals surface area contributed by atoms with Gasteiger partial charge in [-0.05, 0) is 31.1 Å². The molecule has 0 aliphatic carbocycles. The van der Waals surface area contributed by atoms with Crippen LogP contribution in [0.2, 0.25) is 0 Å². The summed E-state index contributed by atoms with van der Waals surface area (Å²) in [5, 5.41) is 9.44. The number of carboxylic acid groups (broad SMARTS) is 1. The van der Waals surface area contributed by atoms with Gasteiger partial charge in [-0.25, -0.2) is 0 Å². The van der Waals surface area contributed by atoms with Crippen LogP contribution in [0.3, 0.4) is 0 Å². The van der Waals surface area contributed by atoms with Gasteiger partial charge in [0, 0.05) is 7.11 Å². The third-order valence-corrected chi connectivity index (χ3v) is 2.87. The number of aliphatic carboxylic acids is 1. The molecule has 1 atom stereocenters. The average molecular weight is 230 g/mol. The normalized spacial score (nSPS) is 15.4. The molecule has 3 nitrogen and oxygen atoms in total. The highest BCUT2D eigenvalue weighted by molar-refractivity contribution is 5.74. The van der Waals surface area contributed by atoms with Crippen LogP contribution in [0.15, 0.2) is 0 Å². The molecule has 0 heterocycles. The molecule has 0 saturated carbocycles. The van der Waals surface area contributed by atoms with Crippen molar-refractivity contribution >= 4 is 5.97 Å². The minimum atomic E-state index is -0.719. The lowest BCUT2D eigenvalue weighted by Gasteiger charge is -2.31. The molecule has 16 heavy (non-hydrogen) atoms. The Morgan fingerprint density at radius 1 is 1.25 bits per heavy atom. The highest BCUT2D eigenvalue weighted by Crippen LogP contribution is 2.34. The van der Waals surface area contributed by atoms with E-state index in [-0.39, 0.29) is 0 Å². The van der Waals surface area contributed by atoms with E-state index in [1.807, 2.05) is 0 Å². The van der Waals surface area contributed by atoms with Gasteiger partial charge in [0.1, 0.15) is 0 Å². The largest absolute Gasteiger partial charge is 0.481 e. The molecule has 0 aliphatic heterocycles. The summed E-state index contributed by atoms with van der Waals surface area (Å²) >= 11 is 0. The van der Waals surface area contributed by atoms with Gasteiger partial charge < -0.3 is 9.84 Å². The molecule has 0 fully saturated rings. The summed E-state index contributed by atoms with van der Waals surface area (Å²) in [6.07, 6.45) is 2.32. The predicted octanol–water partition coefficient (Wildman–Crippen LogP) is 3.19. The summed E-state index contributed by atoms with van der Waals surface area (Å²) in [6.45, 7) is 8.67. The van der Waals surface area contributed by atoms with Crippen molar-refractivity contribution in [2.45, 2.75) is 47.0 Å². The quantitative estimate of drug-likeness (QED) is 0.696. The van der Waals surface area contributed by atoms with Crippen LogP contribution in [-0.4, -0.2) is 24.8 Å². The zero-order valence-corrected chi connectivity index (χ0v) is 11.2. The van der Waals surface area contributed by atoms with Crippen LogP contribution < -0.4 is 0 Å². The number of carbonyl (C=O) groups is 1. The lowest BCUT2D eigenvalue weighted by atomic mass is 9.76. The Morgan fingerprint density at radius 3 is 2.12 bits per heavy atom. The van der Waals surface area contributed by atoms with Crippen LogP contribution in [0.25, 0.3) is 0 Å². The summed E-state index contributed by atoms with van der Waals surface area (Å²) in [5.74, 6) is 0.185. The molecule has 0 radical (unpaired) electrons. The zero-order valence-electron chi connectivity index (χ0n) is 11.2. The first-order valence-electron chi connectivity index (χ1n) is 6.06. The standard InChI is InChI=1S/C13H26O3/c1-10(2)6-7-13(9-16-5,12(14)15)8-11(3)4/h10-11H,6-9H2,1-5H3,(H,14,15). The molecular formula is C13H26O3. The Morgan fingerprint density at radius 2 is 1.81 bits per heavy atom. The molecular weight excluding hydrogens is 204 g/mol. The number of ether oxygens (including phenoxy) is 1. The fourth-order valence-electron chi connectivity index (χ4n) is 2.11. The maximum Gasteiger partial charge on any atom is 0.311 e. The first-order valence-corrected chi connectivity index (χ1v) is 6.06. The van der Waals surface area contributed by atoms with E-state index >= 15 is 0 Å². The van der Waals surface area contributed by atoms with E-state index in [0.717, 1.165) is 6.42 Å². The molecule has 1 unspecified atom stereocenters. The maximum atomic E-state index is 11.5. The molecule has 0 amide bonds. The SMILES string of the molecule is COCC(CCC(C)C)(CC(C)C)C(=O)O. The Balaban J connectivity index is 4.71. The third kappa shape index (κ3) is 4.97. The van der Waals surface area contributed by atoms with Crippen LogP contribution in [0.4, 0.5) is 0 Å². The molecule has 0 aromatic heterocycles.